The third-order valence-corrected chi connectivity index (χ3v) is 4.31. The molecule has 0 bridgehead atoms. The highest BCUT2D eigenvalue weighted by molar-refractivity contribution is 14.1. The van der Waals surface area contributed by atoms with Crippen molar-refractivity contribution < 1.29 is 19.1 Å². The summed E-state index contributed by atoms with van der Waals surface area (Å²) in [4.78, 5) is 26.1. The van der Waals surface area contributed by atoms with Crippen molar-refractivity contribution in [3.8, 4) is 5.75 Å². The number of carbonyl (C=O) groups excluding carboxylic acids is 2. The van der Waals surface area contributed by atoms with Crippen molar-refractivity contribution in [3.05, 3.63) is 27.3 Å². The average Bonchev–Trinajstić information content (AvgIpc) is 2.96. The van der Waals surface area contributed by atoms with Crippen molar-refractivity contribution in [2.75, 3.05) is 20.3 Å². The van der Waals surface area contributed by atoms with Gasteiger partial charge in [-0.2, -0.15) is 0 Å². The Kier molecular flexibility index (Phi) is 5.44. The van der Waals surface area contributed by atoms with Crippen LogP contribution in [0.15, 0.2) is 18.2 Å². The Hall–Kier alpha value is -1.31. The third kappa shape index (κ3) is 3.48. The molecule has 1 heterocycles. The number of ether oxygens (including phenoxy) is 2. The van der Waals surface area contributed by atoms with E-state index in [0.717, 1.165) is 15.7 Å². The predicted molar refractivity (Wildman–Crippen MR) is 86.4 cm³/mol. The molecule has 1 amide bonds. The molecule has 6 heteroatoms. The summed E-state index contributed by atoms with van der Waals surface area (Å²) in [5.74, 6) is 0.285. The second-order valence-corrected chi connectivity index (χ2v) is 5.92. The molecule has 0 N–H and O–H groups in total. The molecule has 1 saturated heterocycles. The highest BCUT2D eigenvalue weighted by Crippen LogP contribution is 2.25. The minimum atomic E-state index is -0.461. The van der Waals surface area contributed by atoms with Crippen molar-refractivity contribution in [3.63, 3.8) is 0 Å². The van der Waals surface area contributed by atoms with Crippen LogP contribution in [0, 0.1) is 3.57 Å². The molecule has 1 aromatic rings. The monoisotopic (exact) mass is 403 g/mol. The van der Waals surface area contributed by atoms with Gasteiger partial charge in [-0.05, 0) is 60.6 Å². The fourth-order valence-electron chi connectivity index (χ4n) is 2.46. The molecule has 0 aromatic heterocycles. The molecule has 0 aliphatic carbocycles. The standard InChI is InChI=1S/C15H18INO4/c1-3-21-15(19)12-5-4-8-17(12)14(18)10-6-7-13(20-2)11(16)9-10/h6-7,9,12H,3-5,8H2,1-2H3/t12-/m0/s1. The molecule has 2 rings (SSSR count). The lowest BCUT2D eigenvalue weighted by Crippen LogP contribution is -2.41. The highest BCUT2D eigenvalue weighted by atomic mass is 127. The zero-order valence-corrected chi connectivity index (χ0v) is 14.3. The maximum atomic E-state index is 12.6. The summed E-state index contributed by atoms with van der Waals surface area (Å²) in [6, 6.07) is 4.81. The quantitative estimate of drug-likeness (QED) is 0.573. The molecule has 114 valence electrons. The van der Waals surface area contributed by atoms with Gasteiger partial charge in [-0.25, -0.2) is 4.79 Å². The van der Waals surface area contributed by atoms with E-state index in [1.165, 1.54) is 0 Å². The maximum Gasteiger partial charge on any atom is 0.328 e. The average molecular weight is 403 g/mol. The first-order valence-electron chi connectivity index (χ1n) is 6.89. The number of likely N-dealkylation sites (tertiary alicyclic amines) is 1. The number of halogens is 1. The molecule has 1 aliphatic heterocycles. The van der Waals surface area contributed by atoms with Gasteiger partial charge in [-0.15, -0.1) is 0 Å². The van der Waals surface area contributed by atoms with Crippen molar-refractivity contribution >= 4 is 34.5 Å². The Labute approximate surface area is 137 Å². The van der Waals surface area contributed by atoms with E-state index in [4.69, 9.17) is 9.47 Å². The van der Waals surface area contributed by atoms with Gasteiger partial charge in [0.2, 0.25) is 0 Å². The normalized spacial score (nSPS) is 17.7. The van der Waals surface area contributed by atoms with Gasteiger partial charge in [0.15, 0.2) is 0 Å². The highest BCUT2D eigenvalue weighted by Gasteiger charge is 2.35. The van der Waals surface area contributed by atoms with Crippen LogP contribution in [0.4, 0.5) is 0 Å². The molecule has 1 atom stereocenters. The largest absolute Gasteiger partial charge is 0.496 e. The van der Waals surface area contributed by atoms with Gasteiger partial charge in [0, 0.05) is 12.1 Å². The van der Waals surface area contributed by atoms with Crippen LogP contribution in [-0.4, -0.2) is 43.1 Å². The van der Waals surface area contributed by atoms with Crippen LogP contribution < -0.4 is 4.74 Å². The number of hydrogen-bond acceptors (Lipinski definition) is 4. The number of nitrogens with zero attached hydrogens (tertiary/aromatic N) is 1. The summed E-state index contributed by atoms with van der Waals surface area (Å²) in [5.41, 5.74) is 0.566. The van der Waals surface area contributed by atoms with Crippen LogP contribution in [-0.2, 0) is 9.53 Å². The van der Waals surface area contributed by atoms with E-state index in [0.29, 0.717) is 25.1 Å². The van der Waals surface area contributed by atoms with Gasteiger partial charge < -0.3 is 14.4 Å². The SMILES string of the molecule is CCOC(=O)[C@@H]1CCCN1C(=O)c1ccc(OC)c(I)c1. The summed E-state index contributed by atoms with van der Waals surface area (Å²) in [6.45, 7) is 2.69. The van der Waals surface area contributed by atoms with E-state index in [9.17, 15) is 9.59 Å². The lowest BCUT2D eigenvalue weighted by Gasteiger charge is -2.23. The Morgan fingerprint density at radius 3 is 2.81 bits per heavy atom. The summed E-state index contributed by atoms with van der Waals surface area (Å²) >= 11 is 2.13. The predicted octanol–water partition coefficient (Wildman–Crippen LogP) is 2.47. The van der Waals surface area contributed by atoms with Gasteiger partial charge >= 0.3 is 5.97 Å². The molecular formula is C15H18INO4. The zero-order chi connectivity index (χ0) is 15.4. The minimum absolute atomic E-state index is 0.133. The van der Waals surface area contributed by atoms with Gasteiger partial charge in [0.05, 0.1) is 17.3 Å². The van der Waals surface area contributed by atoms with E-state index < -0.39 is 6.04 Å². The number of carbonyl (C=O) groups is 2. The maximum absolute atomic E-state index is 12.6. The molecule has 0 spiro atoms. The van der Waals surface area contributed by atoms with Crippen LogP contribution in [0.1, 0.15) is 30.1 Å². The Balaban J connectivity index is 2.18. The summed E-state index contributed by atoms with van der Waals surface area (Å²) < 4.78 is 11.1. The van der Waals surface area contributed by atoms with Gasteiger partial charge in [-0.1, -0.05) is 0 Å². The molecule has 1 fully saturated rings. The van der Waals surface area contributed by atoms with Gasteiger partial charge in [-0.3, -0.25) is 4.79 Å². The summed E-state index contributed by atoms with van der Waals surface area (Å²) in [5, 5.41) is 0. The Morgan fingerprint density at radius 1 is 1.43 bits per heavy atom. The van der Waals surface area contributed by atoms with Gasteiger partial charge in [0.25, 0.3) is 5.91 Å². The Bertz CT molecular complexity index is 546. The van der Waals surface area contributed by atoms with Crippen molar-refractivity contribution in [2.24, 2.45) is 0 Å². The number of esters is 1. The molecular weight excluding hydrogens is 385 g/mol. The first-order chi connectivity index (χ1) is 10.1. The number of amides is 1. The van der Waals surface area contributed by atoms with Crippen molar-refractivity contribution in [1.29, 1.82) is 0 Å². The third-order valence-electron chi connectivity index (χ3n) is 3.47. The van der Waals surface area contributed by atoms with E-state index in [2.05, 4.69) is 22.6 Å². The topological polar surface area (TPSA) is 55.8 Å². The van der Waals surface area contributed by atoms with Crippen molar-refractivity contribution in [1.82, 2.24) is 4.90 Å². The molecule has 1 aromatic carbocycles. The van der Waals surface area contributed by atoms with E-state index in [1.807, 2.05) is 0 Å². The van der Waals surface area contributed by atoms with Crippen LogP contribution >= 0.6 is 22.6 Å². The van der Waals surface area contributed by atoms with Crippen molar-refractivity contribution in [2.45, 2.75) is 25.8 Å². The first kappa shape index (κ1) is 16.1. The van der Waals surface area contributed by atoms with E-state index in [-0.39, 0.29) is 11.9 Å². The van der Waals surface area contributed by atoms with Gasteiger partial charge in [0.1, 0.15) is 11.8 Å². The molecule has 0 radical (unpaired) electrons. The van der Waals surface area contributed by atoms with Crippen LogP contribution in [0.5, 0.6) is 5.75 Å². The fourth-order valence-corrected chi connectivity index (χ4v) is 3.19. The number of hydrogen-bond donors (Lipinski definition) is 0. The number of rotatable bonds is 4. The summed E-state index contributed by atoms with van der Waals surface area (Å²) in [7, 11) is 1.59. The fraction of sp³-hybridized carbons (Fsp3) is 0.467. The van der Waals surface area contributed by atoms with Crippen LogP contribution in [0.2, 0.25) is 0 Å². The smallest absolute Gasteiger partial charge is 0.328 e. The Morgan fingerprint density at radius 2 is 2.19 bits per heavy atom. The van der Waals surface area contributed by atoms with E-state index in [1.54, 1.807) is 37.1 Å². The molecule has 0 unspecified atom stereocenters. The molecule has 0 saturated carbocycles. The van der Waals surface area contributed by atoms with Crippen LogP contribution in [0.25, 0.3) is 0 Å². The second-order valence-electron chi connectivity index (χ2n) is 4.76. The molecule has 5 nitrogen and oxygen atoms in total. The number of methoxy groups -OCH3 is 1. The molecule has 21 heavy (non-hydrogen) atoms. The van der Waals surface area contributed by atoms with E-state index >= 15 is 0 Å². The lowest BCUT2D eigenvalue weighted by atomic mass is 10.1. The zero-order valence-electron chi connectivity index (χ0n) is 12.1. The molecule has 1 aliphatic rings. The van der Waals surface area contributed by atoms with Crippen LogP contribution in [0.3, 0.4) is 0 Å². The number of benzene rings is 1. The lowest BCUT2D eigenvalue weighted by molar-refractivity contribution is -0.147. The second kappa shape index (κ2) is 7.11. The summed E-state index contributed by atoms with van der Waals surface area (Å²) in [6.07, 6.45) is 1.49. The minimum Gasteiger partial charge on any atom is -0.496 e. The first-order valence-corrected chi connectivity index (χ1v) is 7.97.